The second-order valence-corrected chi connectivity index (χ2v) is 4.78. The number of aryl methyl sites for hydroxylation is 1. The molecule has 0 aliphatic carbocycles. The van der Waals surface area contributed by atoms with E-state index in [0.717, 1.165) is 21.5 Å². The van der Waals surface area contributed by atoms with Crippen LogP contribution < -0.4 is 5.43 Å². The zero-order chi connectivity index (χ0) is 12.7. The van der Waals surface area contributed by atoms with Crippen molar-refractivity contribution in [1.29, 1.82) is 0 Å². The number of fused-ring (bicyclic) bond motifs is 1. The molecular formula is C11H10BrClN4O2. The van der Waals surface area contributed by atoms with Crippen LogP contribution in [0.25, 0.3) is 5.65 Å². The maximum Gasteiger partial charge on any atom is 0.278 e. The summed E-state index contributed by atoms with van der Waals surface area (Å²) in [5.74, 6) is 0.115. The highest BCUT2D eigenvalue weighted by atomic mass is 79.9. The van der Waals surface area contributed by atoms with Crippen molar-refractivity contribution in [1.82, 2.24) is 14.8 Å². The molecule has 19 heavy (non-hydrogen) atoms. The molecule has 3 rings (SSSR count). The third kappa shape index (κ3) is 2.43. The minimum Gasteiger partial charge on any atom is -0.465 e. The van der Waals surface area contributed by atoms with Crippen molar-refractivity contribution in [2.75, 3.05) is 6.61 Å². The molecule has 1 aliphatic heterocycles. The number of halogens is 2. The van der Waals surface area contributed by atoms with Crippen molar-refractivity contribution in [2.45, 2.75) is 6.92 Å². The zero-order valence-corrected chi connectivity index (χ0v) is 12.3. The number of nitrogens with zero attached hydrogens (tertiary/aromatic N) is 3. The van der Waals surface area contributed by atoms with Crippen molar-refractivity contribution in [2.24, 2.45) is 5.10 Å². The van der Waals surface area contributed by atoms with Crippen LogP contribution in [-0.4, -0.2) is 27.8 Å². The van der Waals surface area contributed by atoms with Gasteiger partial charge >= 0.3 is 0 Å². The van der Waals surface area contributed by atoms with E-state index in [2.05, 4.69) is 31.4 Å². The van der Waals surface area contributed by atoms with Crippen molar-refractivity contribution < 1.29 is 9.53 Å². The van der Waals surface area contributed by atoms with Crippen LogP contribution in [0.1, 0.15) is 11.4 Å². The summed E-state index contributed by atoms with van der Waals surface area (Å²) in [6.07, 6.45) is 1.88. The molecule has 3 heterocycles. The van der Waals surface area contributed by atoms with Gasteiger partial charge in [0.1, 0.15) is 11.3 Å². The minimum absolute atomic E-state index is 0. The lowest BCUT2D eigenvalue weighted by Gasteiger charge is -2.13. The summed E-state index contributed by atoms with van der Waals surface area (Å²) in [6.45, 7) is 1.85. The number of hydrogen-bond acceptors (Lipinski definition) is 4. The number of pyridine rings is 1. The van der Waals surface area contributed by atoms with E-state index in [1.54, 1.807) is 0 Å². The Labute approximate surface area is 123 Å². The predicted molar refractivity (Wildman–Crippen MR) is 75.5 cm³/mol. The SMILES string of the molecule is Cc1nc2ccc(Br)cn2c1C1=NNC(=O)CO1.Cl. The molecule has 6 nitrogen and oxygen atoms in total. The maximum absolute atomic E-state index is 11.0. The van der Waals surface area contributed by atoms with Gasteiger partial charge < -0.3 is 4.74 Å². The molecule has 0 saturated carbocycles. The predicted octanol–water partition coefficient (Wildman–Crippen LogP) is 1.64. The molecule has 100 valence electrons. The maximum atomic E-state index is 11.0. The van der Waals surface area contributed by atoms with Gasteiger partial charge in [0.05, 0.1) is 5.69 Å². The quantitative estimate of drug-likeness (QED) is 0.854. The number of aromatic nitrogens is 2. The number of carbonyl (C=O) groups is 1. The number of ether oxygens (including phenoxy) is 1. The van der Waals surface area contributed by atoms with E-state index >= 15 is 0 Å². The fraction of sp³-hybridized carbons (Fsp3) is 0.182. The highest BCUT2D eigenvalue weighted by Crippen LogP contribution is 2.18. The third-order valence-corrected chi connectivity index (χ3v) is 3.05. The van der Waals surface area contributed by atoms with Crippen molar-refractivity contribution in [3.8, 4) is 0 Å². The van der Waals surface area contributed by atoms with E-state index in [1.165, 1.54) is 0 Å². The summed E-state index contributed by atoms with van der Waals surface area (Å²) < 4.78 is 8.12. The Kier molecular flexibility index (Phi) is 3.77. The van der Waals surface area contributed by atoms with Crippen LogP contribution in [-0.2, 0) is 9.53 Å². The number of rotatable bonds is 1. The number of amides is 1. The number of hydrogen-bond donors (Lipinski definition) is 1. The molecule has 1 aliphatic rings. The number of hydrazone groups is 1. The molecule has 2 aromatic rings. The van der Waals surface area contributed by atoms with Crippen LogP contribution >= 0.6 is 28.3 Å². The minimum atomic E-state index is -0.258. The molecule has 0 aromatic carbocycles. The van der Waals surface area contributed by atoms with Gasteiger partial charge in [-0.15, -0.1) is 17.5 Å². The second kappa shape index (κ2) is 5.18. The van der Waals surface area contributed by atoms with Gasteiger partial charge in [0.2, 0.25) is 0 Å². The first-order valence-electron chi connectivity index (χ1n) is 5.29. The Hall–Kier alpha value is -1.60. The second-order valence-electron chi connectivity index (χ2n) is 3.86. The van der Waals surface area contributed by atoms with E-state index in [4.69, 9.17) is 4.74 Å². The highest BCUT2D eigenvalue weighted by molar-refractivity contribution is 9.10. The lowest BCUT2D eigenvalue weighted by molar-refractivity contribution is -0.124. The molecule has 0 spiro atoms. The smallest absolute Gasteiger partial charge is 0.278 e. The first-order valence-corrected chi connectivity index (χ1v) is 6.08. The van der Waals surface area contributed by atoms with E-state index in [-0.39, 0.29) is 24.9 Å². The van der Waals surface area contributed by atoms with Gasteiger partial charge in [-0.3, -0.25) is 9.20 Å². The standard InChI is InChI=1S/C11H9BrN4O2.ClH/c1-6-10(11-15-14-9(17)5-18-11)16-4-7(12)2-3-8(16)13-6;/h2-4H,5H2,1H3,(H,14,17);1H. The van der Waals surface area contributed by atoms with Crippen LogP contribution in [0.3, 0.4) is 0 Å². The van der Waals surface area contributed by atoms with Gasteiger partial charge in [-0.25, -0.2) is 10.4 Å². The summed E-state index contributed by atoms with van der Waals surface area (Å²) in [7, 11) is 0. The van der Waals surface area contributed by atoms with E-state index in [1.807, 2.05) is 29.7 Å². The molecular weight excluding hydrogens is 336 g/mol. The van der Waals surface area contributed by atoms with Gasteiger partial charge in [-0.05, 0) is 35.0 Å². The zero-order valence-electron chi connectivity index (χ0n) is 9.88. The Balaban J connectivity index is 0.00000133. The first-order chi connectivity index (χ1) is 8.65. The molecule has 0 fully saturated rings. The summed E-state index contributed by atoms with van der Waals surface area (Å²) in [6, 6.07) is 3.80. The van der Waals surface area contributed by atoms with E-state index in [9.17, 15) is 4.79 Å². The van der Waals surface area contributed by atoms with Gasteiger partial charge in [0, 0.05) is 10.7 Å². The van der Waals surface area contributed by atoms with Crippen LogP contribution in [0.15, 0.2) is 27.9 Å². The van der Waals surface area contributed by atoms with Gasteiger partial charge in [-0.2, -0.15) is 0 Å². The number of imidazole rings is 1. The molecule has 1 amide bonds. The molecule has 1 N–H and O–H groups in total. The van der Waals surface area contributed by atoms with Crippen LogP contribution in [0.5, 0.6) is 0 Å². The van der Waals surface area contributed by atoms with E-state index in [0.29, 0.717) is 5.90 Å². The van der Waals surface area contributed by atoms with Crippen LogP contribution in [0, 0.1) is 6.92 Å². The molecule has 8 heteroatoms. The summed E-state index contributed by atoms with van der Waals surface area (Å²) in [5.41, 5.74) is 4.73. The first kappa shape index (κ1) is 13.8. The van der Waals surface area contributed by atoms with Crippen molar-refractivity contribution >= 4 is 45.8 Å². The molecule has 0 unspecified atom stereocenters. The normalized spacial score (nSPS) is 14.4. The molecule has 0 bridgehead atoms. The molecule has 0 atom stereocenters. The highest BCUT2D eigenvalue weighted by Gasteiger charge is 2.20. The Morgan fingerprint density at radius 1 is 1.47 bits per heavy atom. The summed E-state index contributed by atoms with van der Waals surface area (Å²) in [4.78, 5) is 15.4. The molecule has 0 saturated heterocycles. The Morgan fingerprint density at radius 2 is 2.26 bits per heavy atom. The average molecular weight is 346 g/mol. The summed E-state index contributed by atoms with van der Waals surface area (Å²) >= 11 is 3.41. The van der Waals surface area contributed by atoms with Gasteiger partial charge in [0.25, 0.3) is 11.8 Å². The topological polar surface area (TPSA) is 68.0 Å². The van der Waals surface area contributed by atoms with Crippen LogP contribution in [0.4, 0.5) is 0 Å². The third-order valence-electron chi connectivity index (χ3n) is 2.58. The van der Waals surface area contributed by atoms with Crippen LogP contribution in [0.2, 0.25) is 0 Å². The van der Waals surface area contributed by atoms with Crippen molar-refractivity contribution in [3.05, 3.63) is 34.2 Å². The molecule has 0 radical (unpaired) electrons. The summed E-state index contributed by atoms with van der Waals surface area (Å²) in [5, 5.41) is 3.91. The van der Waals surface area contributed by atoms with Gasteiger partial charge in [-0.1, -0.05) is 0 Å². The Morgan fingerprint density at radius 3 is 2.95 bits per heavy atom. The Bertz CT molecular complexity index is 683. The van der Waals surface area contributed by atoms with Crippen molar-refractivity contribution in [3.63, 3.8) is 0 Å². The van der Waals surface area contributed by atoms with Gasteiger partial charge in [0.15, 0.2) is 6.61 Å². The average Bonchev–Trinajstić information content (AvgIpc) is 2.66. The fourth-order valence-corrected chi connectivity index (χ4v) is 2.16. The number of carbonyl (C=O) groups excluding carboxylic acids is 1. The largest absolute Gasteiger partial charge is 0.465 e. The lowest BCUT2D eigenvalue weighted by atomic mass is 10.3. The fourth-order valence-electron chi connectivity index (χ4n) is 1.83. The monoisotopic (exact) mass is 344 g/mol. The van der Waals surface area contributed by atoms with E-state index < -0.39 is 0 Å². The lowest BCUT2D eigenvalue weighted by Crippen LogP contribution is -2.32. The molecule has 2 aromatic heterocycles. The number of nitrogens with one attached hydrogen (secondary N) is 1.